The molecule has 0 N–H and O–H groups in total. The molecule has 12 heavy (non-hydrogen) atoms. The normalized spacial score (nSPS) is 10.4. The lowest BCUT2D eigenvalue weighted by molar-refractivity contribution is 0.590. The van der Waals surface area contributed by atoms with Gasteiger partial charge in [0, 0.05) is 5.69 Å². The van der Waals surface area contributed by atoms with Crippen LogP contribution in [0.15, 0.2) is 0 Å². The highest BCUT2D eigenvalue weighted by molar-refractivity contribution is 5.32. The second kappa shape index (κ2) is 3.21. The molecule has 0 radical (unpaired) electrons. The van der Waals surface area contributed by atoms with E-state index in [0.29, 0.717) is 5.69 Å². The van der Waals surface area contributed by atoms with Gasteiger partial charge < -0.3 is 0 Å². The minimum absolute atomic E-state index is 0.138. The van der Waals surface area contributed by atoms with Crippen molar-refractivity contribution >= 4 is 0 Å². The third kappa shape index (κ3) is 1.33. The van der Waals surface area contributed by atoms with Crippen LogP contribution in [0.5, 0.6) is 0 Å². The molecule has 0 fully saturated rings. The average molecular weight is 167 g/mol. The van der Waals surface area contributed by atoms with Crippen molar-refractivity contribution in [3.05, 3.63) is 28.3 Å². The first-order valence-electron chi connectivity index (χ1n) is 4.20. The number of hydrogen-bond acceptors (Lipinski definition) is 1. The van der Waals surface area contributed by atoms with Gasteiger partial charge in [-0.15, -0.1) is 0 Å². The van der Waals surface area contributed by atoms with Crippen LogP contribution in [-0.4, -0.2) is 4.98 Å². The minimum Gasteiger partial charge on any atom is -0.255 e. The number of rotatable bonds is 1. The minimum atomic E-state index is -0.138. The fourth-order valence-electron chi connectivity index (χ4n) is 1.41. The van der Waals surface area contributed by atoms with Crippen molar-refractivity contribution in [1.82, 2.24) is 4.98 Å². The SMILES string of the molecule is CCc1c(C)c(C)nc(C)c1F. The van der Waals surface area contributed by atoms with Crippen molar-refractivity contribution in [2.45, 2.75) is 34.1 Å². The van der Waals surface area contributed by atoms with Crippen molar-refractivity contribution in [3.63, 3.8) is 0 Å². The third-order valence-corrected chi connectivity index (χ3v) is 2.27. The number of halogens is 1. The highest BCUT2D eigenvalue weighted by Crippen LogP contribution is 2.18. The van der Waals surface area contributed by atoms with Gasteiger partial charge in [0.25, 0.3) is 0 Å². The molecule has 1 aromatic heterocycles. The largest absolute Gasteiger partial charge is 0.255 e. The van der Waals surface area contributed by atoms with E-state index in [1.165, 1.54) is 0 Å². The van der Waals surface area contributed by atoms with Gasteiger partial charge in [0.05, 0.1) is 5.69 Å². The summed E-state index contributed by atoms with van der Waals surface area (Å²) in [6, 6.07) is 0. The molecule has 2 heteroatoms. The highest BCUT2D eigenvalue weighted by atomic mass is 19.1. The molecule has 0 spiro atoms. The van der Waals surface area contributed by atoms with E-state index in [0.717, 1.165) is 23.2 Å². The Balaban J connectivity index is 3.42. The van der Waals surface area contributed by atoms with Crippen LogP contribution in [-0.2, 0) is 6.42 Å². The monoisotopic (exact) mass is 167 g/mol. The molecule has 0 aliphatic carbocycles. The molecule has 1 nitrogen and oxygen atoms in total. The van der Waals surface area contributed by atoms with Crippen molar-refractivity contribution in [2.24, 2.45) is 0 Å². The van der Waals surface area contributed by atoms with E-state index in [1.807, 2.05) is 20.8 Å². The molecule has 1 heterocycles. The zero-order chi connectivity index (χ0) is 9.30. The molecular formula is C10H14FN. The zero-order valence-electron chi connectivity index (χ0n) is 8.03. The lowest BCUT2D eigenvalue weighted by atomic mass is 10.0. The Kier molecular flexibility index (Phi) is 2.46. The zero-order valence-corrected chi connectivity index (χ0v) is 8.03. The molecule has 1 aromatic rings. The molecule has 0 unspecified atom stereocenters. The van der Waals surface area contributed by atoms with Gasteiger partial charge in [0.1, 0.15) is 5.82 Å². The number of pyridine rings is 1. The number of hydrogen-bond donors (Lipinski definition) is 0. The van der Waals surface area contributed by atoms with Gasteiger partial charge >= 0.3 is 0 Å². The van der Waals surface area contributed by atoms with Gasteiger partial charge in [-0.2, -0.15) is 0 Å². The Hall–Kier alpha value is -0.920. The maximum absolute atomic E-state index is 13.4. The lowest BCUT2D eigenvalue weighted by Gasteiger charge is -2.09. The second-order valence-corrected chi connectivity index (χ2v) is 3.05. The van der Waals surface area contributed by atoms with Crippen LogP contribution in [0.2, 0.25) is 0 Å². The Morgan fingerprint density at radius 2 is 1.75 bits per heavy atom. The molecule has 0 aliphatic heterocycles. The summed E-state index contributed by atoms with van der Waals surface area (Å²) >= 11 is 0. The van der Waals surface area contributed by atoms with E-state index in [1.54, 1.807) is 6.92 Å². The molecule has 0 aromatic carbocycles. The van der Waals surface area contributed by atoms with Crippen LogP contribution in [0.25, 0.3) is 0 Å². The van der Waals surface area contributed by atoms with Gasteiger partial charge in [0.15, 0.2) is 0 Å². The van der Waals surface area contributed by atoms with E-state index in [2.05, 4.69) is 4.98 Å². The van der Waals surface area contributed by atoms with Crippen molar-refractivity contribution in [3.8, 4) is 0 Å². The summed E-state index contributed by atoms with van der Waals surface area (Å²) in [5, 5.41) is 0. The van der Waals surface area contributed by atoms with Gasteiger partial charge in [-0.3, -0.25) is 4.98 Å². The lowest BCUT2D eigenvalue weighted by Crippen LogP contribution is -2.02. The van der Waals surface area contributed by atoms with Crippen molar-refractivity contribution in [1.29, 1.82) is 0 Å². The van der Waals surface area contributed by atoms with Gasteiger partial charge in [0.2, 0.25) is 0 Å². The van der Waals surface area contributed by atoms with Crippen LogP contribution in [0.4, 0.5) is 4.39 Å². The van der Waals surface area contributed by atoms with Crippen LogP contribution in [0.3, 0.4) is 0 Å². The van der Waals surface area contributed by atoms with Gasteiger partial charge in [-0.05, 0) is 38.3 Å². The van der Waals surface area contributed by atoms with E-state index in [4.69, 9.17) is 0 Å². The van der Waals surface area contributed by atoms with Crippen LogP contribution in [0, 0.1) is 26.6 Å². The highest BCUT2D eigenvalue weighted by Gasteiger charge is 2.10. The first-order valence-corrected chi connectivity index (χ1v) is 4.20. The smallest absolute Gasteiger partial charge is 0.147 e. The molecule has 66 valence electrons. The fraction of sp³-hybridized carbons (Fsp3) is 0.500. The predicted octanol–water partition coefficient (Wildman–Crippen LogP) is 2.71. The maximum Gasteiger partial charge on any atom is 0.147 e. The van der Waals surface area contributed by atoms with Gasteiger partial charge in [-0.1, -0.05) is 6.92 Å². The number of aryl methyl sites for hydroxylation is 2. The van der Waals surface area contributed by atoms with E-state index >= 15 is 0 Å². The quantitative estimate of drug-likeness (QED) is 0.626. The average Bonchev–Trinajstić information content (AvgIpc) is 2.02. The Labute approximate surface area is 72.6 Å². The van der Waals surface area contributed by atoms with Crippen LogP contribution in [0.1, 0.15) is 29.4 Å². The molecule has 1 rings (SSSR count). The maximum atomic E-state index is 13.4. The van der Waals surface area contributed by atoms with E-state index in [9.17, 15) is 4.39 Å². The molecular weight excluding hydrogens is 153 g/mol. The first-order chi connectivity index (χ1) is 5.57. The molecule has 0 aliphatic rings. The molecule has 0 saturated heterocycles. The van der Waals surface area contributed by atoms with E-state index < -0.39 is 0 Å². The molecule has 0 atom stereocenters. The summed E-state index contributed by atoms with van der Waals surface area (Å²) in [5.41, 5.74) is 3.24. The Morgan fingerprint density at radius 3 is 2.25 bits per heavy atom. The van der Waals surface area contributed by atoms with Crippen molar-refractivity contribution in [2.75, 3.05) is 0 Å². The second-order valence-electron chi connectivity index (χ2n) is 3.05. The number of aromatic nitrogens is 1. The van der Waals surface area contributed by atoms with Gasteiger partial charge in [-0.25, -0.2) is 4.39 Å². The summed E-state index contributed by atoms with van der Waals surface area (Å²) in [5.74, 6) is -0.138. The number of nitrogens with zero attached hydrogens (tertiary/aromatic N) is 1. The molecule has 0 saturated carbocycles. The summed E-state index contributed by atoms with van der Waals surface area (Å²) in [6.45, 7) is 7.51. The first kappa shape index (κ1) is 9.17. The fourth-order valence-corrected chi connectivity index (χ4v) is 1.41. The summed E-state index contributed by atoms with van der Waals surface area (Å²) < 4.78 is 13.4. The standard InChI is InChI=1S/C10H14FN/c1-5-9-6(2)7(3)12-8(4)10(9)11/h5H2,1-4H3. The predicted molar refractivity (Wildman–Crippen MR) is 47.8 cm³/mol. The molecule has 0 amide bonds. The van der Waals surface area contributed by atoms with E-state index in [-0.39, 0.29) is 5.82 Å². The Morgan fingerprint density at radius 1 is 1.17 bits per heavy atom. The third-order valence-electron chi connectivity index (χ3n) is 2.27. The Bertz CT molecular complexity index is 279. The summed E-state index contributed by atoms with van der Waals surface area (Å²) in [7, 11) is 0. The van der Waals surface area contributed by atoms with Crippen LogP contribution >= 0.6 is 0 Å². The van der Waals surface area contributed by atoms with Crippen LogP contribution < -0.4 is 0 Å². The molecule has 0 bridgehead atoms. The summed E-state index contributed by atoms with van der Waals surface area (Å²) in [6.07, 6.45) is 0.738. The van der Waals surface area contributed by atoms with Crippen molar-refractivity contribution < 1.29 is 4.39 Å². The topological polar surface area (TPSA) is 12.9 Å². The summed E-state index contributed by atoms with van der Waals surface area (Å²) in [4.78, 5) is 4.11.